The van der Waals surface area contributed by atoms with Crippen molar-refractivity contribution in [2.24, 2.45) is 17.8 Å². The van der Waals surface area contributed by atoms with Crippen LogP contribution in [0.15, 0.2) is 24.3 Å². The van der Waals surface area contributed by atoms with Crippen molar-refractivity contribution >= 4 is 5.91 Å². The van der Waals surface area contributed by atoms with E-state index >= 15 is 0 Å². The molecule has 1 aromatic rings. The first kappa shape index (κ1) is 15.8. The van der Waals surface area contributed by atoms with Crippen molar-refractivity contribution in [3.63, 3.8) is 0 Å². The molecule has 5 nitrogen and oxygen atoms in total. The first-order valence-electron chi connectivity index (χ1n) is 9.12. The van der Waals surface area contributed by atoms with Gasteiger partial charge in [0.1, 0.15) is 18.1 Å². The van der Waals surface area contributed by atoms with Crippen LogP contribution in [0.2, 0.25) is 0 Å². The van der Waals surface area contributed by atoms with Crippen molar-refractivity contribution < 1.29 is 14.6 Å². The Morgan fingerprint density at radius 3 is 2.33 bits per heavy atom. The first-order valence-corrected chi connectivity index (χ1v) is 9.12. The van der Waals surface area contributed by atoms with Gasteiger partial charge in [0.2, 0.25) is 5.91 Å². The van der Waals surface area contributed by atoms with Crippen molar-refractivity contribution in [1.29, 1.82) is 0 Å². The molecule has 2 saturated heterocycles. The summed E-state index contributed by atoms with van der Waals surface area (Å²) in [5, 5.41) is 9.27. The van der Waals surface area contributed by atoms with E-state index in [9.17, 15) is 9.90 Å². The molecule has 2 unspecified atom stereocenters. The standard InChI is InChI=1S/C19H26N2O3/c22-17-4-6-18(7-5-17)24-9-8-20-10-15-12-21(13-16(15)11-20)19(23)14-2-1-3-14/h4-7,14-16,22H,1-3,8-13H2. The second-order valence-electron chi connectivity index (χ2n) is 7.49. The Kier molecular flexibility index (Phi) is 4.35. The van der Waals surface area contributed by atoms with Crippen LogP contribution in [-0.4, -0.2) is 60.1 Å². The Balaban J connectivity index is 1.20. The number of amides is 1. The lowest BCUT2D eigenvalue weighted by molar-refractivity contribution is -0.137. The summed E-state index contributed by atoms with van der Waals surface area (Å²) in [5.74, 6) is 3.09. The molecule has 0 radical (unpaired) electrons. The third-order valence-corrected chi connectivity index (χ3v) is 5.84. The molecular formula is C19H26N2O3. The molecule has 3 aliphatic rings. The molecule has 5 heteroatoms. The number of rotatable bonds is 5. The minimum Gasteiger partial charge on any atom is -0.508 e. The highest BCUT2D eigenvalue weighted by atomic mass is 16.5. The maximum Gasteiger partial charge on any atom is 0.225 e. The number of carbonyl (C=O) groups excluding carboxylic acids is 1. The fourth-order valence-corrected chi connectivity index (χ4v) is 4.20. The van der Waals surface area contributed by atoms with Gasteiger partial charge in [-0.05, 0) is 48.9 Å². The Morgan fingerprint density at radius 1 is 1.08 bits per heavy atom. The fraction of sp³-hybridized carbons (Fsp3) is 0.632. The van der Waals surface area contributed by atoms with Gasteiger partial charge in [-0.25, -0.2) is 0 Å². The number of benzene rings is 1. The van der Waals surface area contributed by atoms with E-state index in [1.165, 1.54) is 6.42 Å². The molecule has 3 fully saturated rings. The molecule has 0 aromatic heterocycles. The molecule has 2 aliphatic heterocycles. The van der Waals surface area contributed by atoms with E-state index in [1.807, 2.05) is 0 Å². The van der Waals surface area contributed by atoms with Gasteiger partial charge >= 0.3 is 0 Å². The summed E-state index contributed by atoms with van der Waals surface area (Å²) in [7, 11) is 0. The Bertz CT molecular complexity index is 571. The van der Waals surface area contributed by atoms with Crippen LogP contribution in [-0.2, 0) is 4.79 Å². The summed E-state index contributed by atoms with van der Waals surface area (Å²) >= 11 is 0. The highest BCUT2D eigenvalue weighted by Gasteiger charge is 2.43. The molecule has 130 valence electrons. The Hall–Kier alpha value is -1.75. The summed E-state index contributed by atoms with van der Waals surface area (Å²) in [6.45, 7) is 5.65. The van der Waals surface area contributed by atoms with Crippen LogP contribution in [0.3, 0.4) is 0 Å². The number of ether oxygens (including phenoxy) is 1. The summed E-state index contributed by atoms with van der Waals surface area (Å²) in [6.07, 6.45) is 3.43. The van der Waals surface area contributed by atoms with Crippen LogP contribution >= 0.6 is 0 Å². The van der Waals surface area contributed by atoms with Crippen LogP contribution in [0.1, 0.15) is 19.3 Å². The van der Waals surface area contributed by atoms with E-state index < -0.39 is 0 Å². The van der Waals surface area contributed by atoms with Crippen LogP contribution < -0.4 is 4.74 Å². The van der Waals surface area contributed by atoms with Crippen molar-refractivity contribution in [1.82, 2.24) is 9.80 Å². The lowest BCUT2D eigenvalue weighted by Gasteiger charge is -2.30. The van der Waals surface area contributed by atoms with Gasteiger partial charge in [0, 0.05) is 38.6 Å². The lowest BCUT2D eigenvalue weighted by Crippen LogP contribution is -2.39. The van der Waals surface area contributed by atoms with Gasteiger partial charge in [0.15, 0.2) is 0 Å². The van der Waals surface area contributed by atoms with E-state index in [1.54, 1.807) is 24.3 Å². The largest absolute Gasteiger partial charge is 0.508 e. The summed E-state index contributed by atoms with van der Waals surface area (Å²) in [5.41, 5.74) is 0. The molecule has 1 N–H and O–H groups in total. The quantitative estimate of drug-likeness (QED) is 0.897. The molecule has 4 rings (SSSR count). The molecule has 0 bridgehead atoms. The van der Waals surface area contributed by atoms with Crippen molar-refractivity contribution in [3.05, 3.63) is 24.3 Å². The second-order valence-corrected chi connectivity index (χ2v) is 7.49. The maximum atomic E-state index is 12.4. The predicted molar refractivity (Wildman–Crippen MR) is 90.9 cm³/mol. The predicted octanol–water partition coefficient (Wildman–Crippen LogP) is 1.96. The number of hydrogen-bond donors (Lipinski definition) is 1. The smallest absolute Gasteiger partial charge is 0.225 e. The number of aromatic hydroxyl groups is 1. The van der Waals surface area contributed by atoms with E-state index in [0.29, 0.717) is 30.3 Å². The van der Waals surface area contributed by atoms with Gasteiger partial charge in [-0.3, -0.25) is 9.69 Å². The number of hydrogen-bond acceptors (Lipinski definition) is 4. The topological polar surface area (TPSA) is 53.0 Å². The zero-order valence-electron chi connectivity index (χ0n) is 14.1. The van der Waals surface area contributed by atoms with Crippen LogP contribution in [0, 0.1) is 17.8 Å². The van der Waals surface area contributed by atoms with Gasteiger partial charge in [-0.15, -0.1) is 0 Å². The minimum absolute atomic E-state index is 0.260. The molecule has 2 atom stereocenters. The van der Waals surface area contributed by atoms with Gasteiger partial charge in [-0.1, -0.05) is 6.42 Å². The lowest BCUT2D eigenvalue weighted by atomic mass is 9.84. The summed E-state index contributed by atoms with van der Waals surface area (Å²) in [4.78, 5) is 17.0. The van der Waals surface area contributed by atoms with Crippen LogP contribution in [0.4, 0.5) is 0 Å². The van der Waals surface area contributed by atoms with E-state index in [2.05, 4.69) is 9.80 Å². The number of nitrogens with zero attached hydrogens (tertiary/aromatic N) is 2. The fourth-order valence-electron chi connectivity index (χ4n) is 4.20. The first-order chi connectivity index (χ1) is 11.7. The Labute approximate surface area is 143 Å². The SMILES string of the molecule is O=C(C1CCC1)N1CC2CN(CCOc3ccc(O)cc3)CC2C1. The van der Waals surface area contributed by atoms with Crippen LogP contribution in [0.25, 0.3) is 0 Å². The van der Waals surface area contributed by atoms with Gasteiger partial charge in [0.25, 0.3) is 0 Å². The molecule has 1 aliphatic carbocycles. The van der Waals surface area contributed by atoms with Crippen LogP contribution in [0.5, 0.6) is 11.5 Å². The number of phenolic OH excluding ortho intramolecular Hbond substituents is 1. The second kappa shape index (κ2) is 6.63. The highest BCUT2D eigenvalue weighted by molar-refractivity contribution is 5.79. The molecular weight excluding hydrogens is 304 g/mol. The summed E-state index contributed by atoms with van der Waals surface area (Å²) < 4.78 is 5.74. The monoisotopic (exact) mass is 330 g/mol. The van der Waals surface area contributed by atoms with Gasteiger partial charge < -0.3 is 14.7 Å². The van der Waals surface area contributed by atoms with E-state index in [0.717, 1.165) is 51.3 Å². The van der Waals surface area contributed by atoms with Crippen molar-refractivity contribution in [2.45, 2.75) is 19.3 Å². The maximum absolute atomic E-state index is 12.4. The number of phenols is 1. The number of fused-ring (bicyclic) bond motifs is 1. The van der Waals surface area contributed by atoms with E-state index in [-0.39, 0.29) is 5.75 Å². The number of likely N-dealkylation sites (tertiary alicyclic amines) is 2. The van der Waals surface area contributed by atoms with Gasteiger partial charge in [0.05, 0.1) is 0 Å². The molecule has 1 saturated carbocycles. The zero-order valence-corrected chi connectivity index (χ0v) is 14.1. The average Bonchev–Trinajstić information content (AvgIpc) is 3.06. The number of carbonyl (C=O) groups is 1. The van der Waals surface area contributed by atoms with Crippen molar-refractivity contribution in [2.75, 3.05) is 39.3 Å². The zero-order chi connectivity index (χ0) is 16.5. The molecule has 0 spiro atoms. The highest BCUT2D eigenvalue weighted by Crippen LogP contribution is 2.35. The summed E-state index contributed by atoms with van der Waals surface area (Å²) in [6, 6.07) is 6.86. The normalized spacial score (nSPS) is 27.1. The minimum atomic E-state index is 0.260. The van der Waals surface area contributed by atoms with E-state index in [4.69, 9.17) is 4.74 Å². The molecule has 1 aromatic carbocycles. The molecule has 1 amide bonds. The van der Waals surface area contributed by atoms with Crippen molar-refractivity contribution in [3.8, 4) is 11.5 Å². The molecule has 2 heterocycles. The third kappa shape index (κ3) is 3.22. The average molecular weight is 330 g/mol. The molecule has 24 heavy (non-hydrogen) atoms. The Morgan fingerprint density at radius 2 is 1.75 bits per heavy atom. The third-order valence-electron chi connectivity index (χ3n) is 5.84. The van der Waals surface area contributed by atoms with Gasteiger partial charge in [-0.2, -0.15) is 0 Å².